The third-order valence-corrected chi connectivity index (χ3v) is 0. The second-order valence-corrected chi connectivity index (χ2v) is 0.707. The van der Waals surface area contributed by atoms with Crippen molar-refractivity contribution in [3.8, 4) is 0 Å². The molecule has 0 amide bonds. The van der Waals surface area contributed by atoms with Crippen LogP contribution in [0.25, 0.3) is 0 Å². The van der Waals surface area contributed by atoms with E-state index in [2.05, 4.69) is 13.8 Å². The molecule has 0 nitrogen and oxygen atoms in total. The summed E-state index contributed by atoms with van der Waals surface area (Å²) in [5.41, 5.74) is 0. The zero-order chi connectivity index (χ0) is 2.71. The van der Waals surface area contributed by atoms with E-state index in [1.807, 2.05) is 0 Å². The van der Waals surface area contributed by atoms with Crippen LogP contribution in [0.4, 0.5) is 0 Å². The maximum atomic E-state index is 2.12. The average molecular weight is 84.2 g/mol. The molecular formula is C3H9K. The van der Waals surface area contributed by atoms with Crippen molar-refractivity contribution in [3.63, 3.8) is 0 Å². The molecule has 0 bridgehead atoms. The Bertz CT molecular complexity index is 6.85. The van der Waals surface area contributed by atoms with Crippen molar-refractivity contribution in [3.05, 3.63) is 0 Å². The monoisotopic (exact) mass is 84.0 g/mol. The van der Waals surface area contributed by atoms with Crippen molar-refractivity contribution in [2.75, 3.05) is 0 Å². The van der Waals surface area contributed by atoms with E-state index in [4.69, 9.17) is 0 Å². The Hall–Kier alpha value is 1.64. The summed E-state index contributed by atoms with van der Waals surface area (Å²) in [5.74, 6) is 0. The molecule has 0 N–H and O–H groups in total. The van der Waals surface area contributed by atoms with E-state index < -0.39 is 0 Å². The molecule has 1 heteroatoms. The van der Waals surface area contributed by atoms with Gasteiger partial charge in [0.25, 0.3) is 0 Å². The summed E-state index contributed by atoms with van der Waals surface area (Å²) < 4.78 is 0. The smallest absolute Gasteiger partial charge is 1.00 e. The molecule has 0 unspecified atom stereocenters. The molecule has 0 heterocycles. The van der Waals surface area contributed by atoms with Crippen molar-refractivity contribution in [1.82, 2.24) is 0 Å². The van der Waals surface area contributed by atoms with Crippen LogP contribution in [0.1, 0.15) is 21.7 Å². The molecule has 0 aliphatic heterocycles. The summed E-state index contributed by atoms with van der Waals surface area (Å²) in [6.07, 6.45) is 1.25. The minimum atomic E-state index is 0. The normalized spacial score (nSPS) is 4.50. The van der Waals surface area contributed by atoms with Crippen molar-refractivity contribution in [2.45, 2.75) is 20.3 Å². The van der Waals surface area contributed by atoms with Crippen LogP contribution in [0.5, 0.6) is 0 Å². The Morgan fingerprint density at radius 3 is 1.50 bits per heavy atom. The van der Waals surface area contributed by atoms with Gasteiger partial charge in [0.1, 0.15) is 0 Å². The molecule has 0 aromatic carbocycles. The largest absolute Gasteiger partial charge is 1.00 e. The van der Waals surface area contributed by atoms with Gasteiger partial charge in [-0.05, 0) is 0 Å². The summed E-state index contributed by atoms with van der Waals surface area (Å²) in [4.78, 5) is 0. The van der Waals surface area contributed by atoms with Crippen LogP contribution in [0, 0.1) is 0 Å². The van der Waals surface area contributed by atoms with E-state index in [0.29, 0.717) is 0 Å². The van der Waals surface area contributed by atoms with E-state index in [-0.39, 0.29) is 52.8 Å². The quantitative estimate of drug-likeness (QED) is 0.314. The van der Waals surface area contributed by atoms with Crippen LogP contribution in [0.3, 0.4) is 0 Å². The first-order valence-electron chi connectivity index (χ1n) is 1.41. The molecule has 0 aliphatic carbocycles. The summed E-state index contributed by atoms with van der Waals surface area (Å²) in [7, 11) is 0. The van der Waals surface area contributed by atoms with Crippen molar-refractivity contribution in [2.24, 2.45) is 0 Å². The molecule has 22 valence electrons. The van der Waals surface area contributed by atoms with Crippen LogP contribution in [0.2, 0.25) is 0 Å². The Morgan fingerprint density at radius 1 is 1.50 bits per heavy atom. The molecule has 0 fully saturated rings. The van der Waals surface area contributed by atoms with Crippen LogP contribution in [-0.4, -0.2) is 0 Å². The predicted molar refractivity (Wildman–Crippen MR) is 17.1 cm³/mol. The maximum absolute atomic E-state index is 2.12. The maximum Gasteiger partial charge on any atom is 1.00 e. The van der Waals surface area contributed by atoms with E-state index >= 15 is 0 Å². The Balaban J connectivity index is -0.0000000200. The molecule has 0 aliphatic rings. The summed E-state index contributed by atoms with van der Waals surface area (Å²) in [6, 6.07) is 0. The van der Waals surface area contributed by atoms with Crippen LogP contribution < -0.4 is 51.4 Å². The van der Waals surface area contributed by atoms with Gasteiger partial charge in [-0.1, -0.05) is 20.3 Å². The Labute approximate surface area is 71.9 Å². The number of rotatable bonds is 0. The first-order valence-corrected chi connectivity index (χ1v) is 1.41. The predicted octanol–water partition coefficient (Wildman–Crippen LogP) is -1.47. The first-order chi connectivity index (χ1) is 1.41. The third-order valence-electron chi connectivity index (χ3n) is 0. The molecule has 0 atom stereocenters. The number of hydrogen-bond donors (Lipinski definition) is 0. The first kappa shape index (κ1) is 9.16. The van der Waals surface area contributed by atoms with Gasteiger partial charge < -0.3 is 1.43 Å². The van der Waals surface area contributed by atoms with Gasteiger partial charge in [-0.15, -0.1) is 0 Å². The zero-order valence-corrected chi connectivity index (χ0v) is 6.83. The fourth-order valence-corrected chi connectivity index (χ4v) is 0. The van der Waals surface area contributed by atoms with Crippen molar-refractivity contribution < 1.29 is 52.8 Å². The minimum Gasteiger partial charge on any atom is -1.00 e. The van der Waals surface area contributed by atoms with Gasteiger partial charge in [0.2, 0.25) is 0 Å². The minimum absolute atomic E-state index is 0. The summed E-state index contributed by atoms with van der Waals surface area (Å²) in [5, 5.41) is 0. The van der Waals surface area contributed by atoms with E-state index in [1.165, 1.54) is 6.42 Å². The second-order valence-electron chi connectivity index (χ2n) is 0.707. The number of hydrogen-bond acceptors (Lipinski definition) is 0. The van der Waals surface area contributed by atoms with E-state index in [9.17, 15) is 0 Å². The van der Waals surface area contributed by atoms with E-state index in [1.54, 1.807) is 0 Å². The Kier molecular flexibility index (Phi) is 20.2. The molecule has 0 aromatic rings. The van der Waals surface area contributed by atoms with Gasteiger partial charge in [0.05, 0.1) is 0 Å². The Morgan fingerprint density at radius 2 is 1.50 bits per heavy atom. The molecule has 0 aromatic heterocycles. The van der Waals surface area contributed by atoms with Gasteiger partial charge in [0.15, 0.2) is 0 Å². The van der Waals surface area contributed by atoms with Gasteiger partial charge in [-0.3, -0.25) is 0 Å². The standard InChI is InChI=1S/C3H8.K.H/c1-3-2;;/h3H2,1-2H3;;/q;+1;-1. The molecular weight excluding hydrogens is 75.1 g/mol. The molecule has 0 radical (unpaired) electrons. The SMILES string of the molecule is CCC.[H-].[K+]. The average Bonchev–Trinajstić information content (AvgIpc) is 0.918. The van der Waals surface area contributed by atoms with Crippen LogP contribution in [-0.2, 0) is 0 Å². The topological polar surface area (TPSA) is 0 Å². The fraction of sp³-hybridized carbons (Fsp3) is 1.00. The third kappa shape index (κ3) is 9.44. The van der Waals surface area contributed by atoms with Gasteiger partial charge in [-0.25, -0.2) is 0 Å². The summed E-state index contributed by atoms with van der Waals surface area (Å²) in [6.45, 7) is 4.25. The van der Waals surface area contributed by atoms with E-state index in [0.717, 1.165) is 0 Å². The van der Waals surface area contributed by atoms with Gasteiger partial charge >= 0.3 is 51.4 Å². The molecule has 0 saturated heterocycles. The van der Waals surface area contributed by atoms with Crippen molar-refractivity contribution in [1.29, 1.82) is 0 Å². The summed E-state index contributed by atoms with van der Waals surface area (Å²) >= 11 is 0. The fourth-order valence-electron chi connectivity index (χ4n) is 0. The van der Waals surface area contributed by atoms with Gasteiger partial charge in [-0.2, -0.15) is 0 Å². The molecule has 0 saturated carbocycles. The van der Waals surface area contributed by atoms with Crippen LogP contribution in [0.15, 0.2) is 0 Å². The van der Waals surface area contributed by atoms with Crippen LogP contribution >= 0.6 is 0 Å². The zero-order valence-electron chi connectivity index (χ0n) is 4.71. The molecule has 0 spiro atoms. The molecule has 4 heavy (non-hydrogen) atoms. The van der Waals surface area contributed by atoms with Crippen molar-refractivity contribution >= 4 is 0 Å². The second kappa shape index (κ2) is 8.82. The van der Waals surface area contributed by atoms with Gasteiger partial charge in [0, 0.05) is 0 Å². The molecule has 0 rings (SSSR count).